The lowest BCUT2D eigenvalue weighted by molar-refractivity contribution is -0.144. The molecule has 2 unspecified atom stereocenters. The number of thiazole rings is 1. The van der Waals surface area contributed by atoms with Crippen LogP contribution in [0.3, 0.4) is 0 Å². The Labute approximate surface area is 260 Å². The second kappa shape index (κ2) is 15.1. The van der Waals surface area contributed by atoms with Crippen molar-refractivity contribution >= 4 is 23.2 Å². The minimum absolute atomic E-state index is 0.0609. The fourth-order valence-electron chi connectivity index (χ4n) is 6.08. The average molecular weight is 608 g/mol. The molecule has 0 radical (unpaired) electrons. The monoisotopic (exact) mass is 607 g/mol. The van der Waals surface area contributed by atoms with Crippen molar-refractivity contribution in [3.8, 4) is 10.4 Å². The summed E-state index contributed by atoms with van der Waals surface area (Å²) in [7, 11) is 0. The maximum absolute atomic E-state index is 14.0. The first-order valence-corrected chi connectivity index (χ1v) is 16.8. The molecule has 4 heterocycles. The number of piperidine rings is 1. The zero-order chi connectivity index (χ0) is 31.0. The van der Waals surface area contributed by atoms with Crippen LogP contribution in [0, 0.1) is 18.3 Å². The van der Waals surface area contributed by atoms with E-state index in [2.05, 4.69) is 58.8 Å². The minimum Gasteiger partial charge on any atom is -0.350 e. The van der Waals surface area contributed by atoms with Crippen LogP contribution in [0.2, 0.25) is 0 Å². The van der Waals surface area contributed by atoms with Crippen LogP contribution in [-0.2, 0) is 22.6 Å². The van der Waals surface area contributed by atoms with E-state index in [0.29, 0.717) is 25.4 Å². The smallest absolute Gasteiger partial charge is 0.248 e. The lowest BCUT2D eigenvalue weighted by atomic mass is 9.85. The lowest BCUT2D eigenvalue weighted by Crippen LogP contribution is -2.50. The van der Waals surface area contributed by atoms with Crippen molar-refractivity contribution in [3.05, 3.63) is 52.9 Å². The van der Waals surface area contributed by atoms with E-state index >= 15 is 0 Å². The van der Waals surface area contributed by atoms with E-state index < -0.39 is 12.1 Å². The number of hydrogen-bond donors (Lipinski definition) is 2. The summed E-state index contributed by atoms with van der Waals surface area (Å²) >= 11 is 1.63. The van der Waals surface area contributed by atoms with Crippen LogP contribution >= 0.6 is 11.3 Å². The van der Waals surface area contributed by atoms with Gasteiger partial charge in [-0.05, 0) is 81.0 Å². The van der Waals surface area contributed by atoms with Gasteiger partial charge in [-0.3, -0.25) is 9.59 Å². The van der Waals surface area contributed by atoms with Crippen LogP contribution in [0.5, 0.6) is 0 Å². The topological polar surface area (TPSA) is 105 Å². The van der Waals surface area contributed by atoms with Crippen LogP contribution in [-0.4, -0.2) is 62.4 Å². The van der Waals surface area contributed by atoms with Gasteiger partial charge in [0.25, 0.3) is 0 Å². The Hall–Kier alpha value is -3.11. The van der Waals surface area contributed by atoms with E-state index in [1.807, 2.05) is 44.6 Å². The van der Waals surface area contributed by atoms with Crippen molar-refractivity contribution in [1.82, 2.24) is 35.5 Å². The molecule has 2 amide bonds. The molecule has 5 rings (SSSR count). The van der Waals surface area contributed by atoms with Crippen molar-refractivity contribution in [2.75, 3.05) is 19.6 Å². The summed E-state index contributed by atoms with van der Waals surface area (Å²) in [6, 6.07) is 7.21. The Bertz CT molecular complexity index is 1320. The molecule has 0 saturated carbocycles. The second-order valence-corrected chi connectivity index (χ2v) is 13.4. The minimum atomic E-state index is -0.529. The molecule has 9 nitrogen and oxygen atoms in total. The van der Waals surface area contributed by atoms with Gasteiger partial charge in [-0.15, -0.1) is 16.4 Å². The van der Waals surface area contributed by atoms with Gasteiger partial charge >= 0.3 is 0 Å². The van der Waals surface area contributed by atoms with E-state index in [4.69, 9.17) is 0 Å². The van der Waals surface area contributed by atoms with E-state index in [1.54, 1.807) is 20.9 Å². The quantitative estimate of drug-likeness (QED) is 0.330. The Morgan fingerprint density at radius 1 is 1.12 bits per heavy atom. The van der Waals surface area contributed by atoms with Gasteiger partial charge in [-0.2, -0.15) is 0 Å². The largest absolute Gasteiger partial charge is 0.350 e. The maximum atomic E-state index is 14.0. The van der Waals surface area contributed by atoms with Crippen LogP contribution < -0.4 is 10.6 Å². The third-order valence-corrected chi connectivity index (χ3v) is 9.39. The number of nitrogens with zero attached hydrogens (tertiary/aromatic N) is 5. The molecular weight excluding hydrogens is 558 g/mol. The molecule has 2 atom stereocenters. The average Bonchev–Trinajstić information content (AvgIpc) is 3.78. The molecule has 2 aromatic heterocycles. The number of amides is 2. The summed E-state index contributed by atoms with van der Waals surface area (Å²) in [4.78, 5) is 34.6. The number of aromatic nitrogens is 4. The van der Waals surface area contributed by atoms with Gasteiger partial charge in [0.15, 0.2) is 0 Å². The highest BCUT2D eigenvalue weighted by Gasteiger charge is 2.42. The van der Waals surface area contributed by atoms with Crippen LogP contribution in [0.4, 0.5) is 0 Å². The molecule has 2 aliphatic heterocycles. The molecule has 0 bridgehead atoms. The summed E-state index contributed by atoms with van der Waals surface area (Å²) in [6.45, 7) is 15.3. The molecule has 2 N–H and O–H groups in total. The van der Waals surface area contributed by atoms with Gasteiger partial charge < -0.3 is 15.5 Å². The highest BCUT2D eigenvalue weighted by molar-refractivity contribution is 7.13. The molecule has 1 aromatic carbocycles. The predicted octanol–water partition coefficient (Wildman–Crippen LogP) is 5.56. The fourth-order valence-corrected chi connectivity index (χ4v) is 6.89. The Morgan fingerprint density at radius 3 is 2.49 bits per heavy atom. The standard InChI is InChI=1S/C31H43N7O2S.C2H6/c1-21-27(41-20-34-21)24-10-7-23(8-11-24)18-33-29(39)26-6-5-17-37(26)30(40)28(31(2,3)4)38-19-25(35-36-38)12-9-22-13-15-32-16-14-22;1-2/h7-8,10-11,19-20,22,26,28,32H,5-6,9,12-18H2,1-4H3,(H,33,39);1-2H3. The highest BCUT2D eigenvalue weighted by atomic mass is 32.1. The molecule has 2 aliphatic rings. The molecule has 0 spiro atoms. The van der Waals surface area contributed by atoms with Gasteiger partial charge in [0.05, 0.1) is 21.8 Å². The number of carbonyl (C=O) groups excluding carboxylic acids is 2. The maximum Gasteiger partial charge on any atom is 0.248 e. The van der Waals surface area contributed by atoms with Crippen LogP contribution in [0.25, 0.3) is 10.4 Å². The van der Waals surface area contributed by atoms with E-state index in [9.17, 15) is 9.59 Å². The van der Waals surface area contributed by atoms with Crippen molar-refractivity contribution < 1.29 is 9.59 Å². The van der Waals surface area contributed by atoms with Gasteiger partial charge in [-0.1, -0.05) is 64.1 Å². The first kappa shape index (κ1) is 32.8. The van der Waals surface area contributed by atoms with Crippen molar-refractivity contribution in [2.24, 2.45) is 11.3 Å². The number of rotatable bonds is 9. The molecule has 234 valence electrons. The SMILES string of the molecule is CC.Cc1ncsc1-c1ccc(CNC(=O)C2CCCN2C(=O)C(n2cc(CCC3CCNCC3)nn2)C(C)(C)C)cc1. The van der Waals surface area contributed by atoms with E-state index in [0.717, 1.165) is 59.7 Å². The summed E-state index contributed by atoms with van der Waals surface area (Å²) in [5.41, 5.74) is 5.57. The number of likely N-dealkylation sites (tertiary alicyclic amines) is 1. The molecule has 10 heteroatoms. The summed E-state index contributed by atoms with van der Waals surface area (Å²) < 4.78 is 1.74. The van der Waals surface area contributed by atoms with Gasteiger partial charge in [0, 0.05) is 19.3 Å². The van der Waals surface area contributed by atoms with E-state index in [-0.39, 0.29) is 17.2 Å². The summed E-state index contributed by atoms with van der Waals surface area (Å²) in [6.07, 6.45) is 7.78. The zero-order valence-corrected chi connectivity index (χ0v) is 27.5. The number of nitrogens with one attached hydrogen (secondary N) is 2. The first-order valence-electron chi connectivity index (χ1n) is 15.9. The lowest BCUT2D eigenvalue weighted by Gasteiger charge is -2.34. The van der Waals surface area contributed by atoms with Crippen molar-refractivity contribution in [2.45, 2.75) is 98.7 Å². The molecular formula is C33H49N7O2S. The number of benzene rings is 1. The van der Waals surface area contributed by atoms with Crippen LogP contribution in [0.15, 0.2) is 36.0 Å². The van der Waals surface area contributed by atoms with Gasteiger partial charge in [0.1, 0.15) is 12.1 Å². The number of aryl methyl sites for hydroxylation is 2. The van der Waals surface area contributed by atoms with Gasteiger partial charge in [0.2, 0.25) is 11.8 Å². The van der Waals surface area contributed by atoms with Crippen molar-refractivity contribution in [1.29, 1.82) is 0 Å². The third-order valence-electron chi connectivity index (χ3n) is 8.41. The first-order chi connectivity index (χ1) is 20.7. The molecule has 2 fully saturated rings. The normalized spacial score (nSPS) is 18.2. The summed E-state index contributed by atoms with van der Waals surface area (Å²) in [5.74, 6) is 0.548. The summed E-state index contributed by atoms with van der Waals surface area (Å²) in [5, 5.41) is 15.4. The Morgan fingerprint density at radius 2 is 1.84 bits per heavy atom. The Balaban J connectivity index is 0.00000207. The Kier molecular flexibility index (Phi) is 11.5. The number of hydrogen-bond acceptors (Lipinski definition) is 7. The fraction of sp³-hybridized carbons (Fsp3) is 0.606. The van der Waals surface area contributed by atoms with E-state index in [1.165, 1.54) is 12.8 Å². The molecule has 0 aliphatic carbocycles. The van der Waals surface area contributed by atoms with Crippen LogP contribution in [0.1, 0.15) is 89.7 Å². The van der Waals surface area contributed by atoms with Gasteiger partial charge in [-0.25, -0.2) is 9.67 Å². The zero-order valence-electron chi connectivity index (χ0n) is 26.7. The highest BCUT2D eigenvalue weighted by Crippen LogP contribution is 2.34. The molecule has 3 aromatic rings. The third kappa shape index (κ3) is 8.29. The van der Waals surface area contributed by atoms with Crippen molar-refractivity contribution in [3.63, 3.8) is 0 Å². The predicted molar refractivity (Wildman–Crippen MR) is 173 cm³/mol. The molecule has 2 saturated heterocycles. The number of carbonyl (C=O) groups is 2. The molecule has 43 heavy (non-hydrogen) atoms. The second-order valence-electron chi connectivity index (χ2n) is 12.6.